The second kappa shape index (κ2) is 6.07. The van der Waals surface area contributed by atoms with E-state index in [1.165, 1.54) is 0 Å². The Morgan fingerprint density at radius 3 is 2.62 bits per heavy atom. The highest BCUT2D eigenvalue weighted by atomic mass is 127. The highest BCUT2D eigenvalue weighted by molar-refractivity contribution is 14.1. The topological polar surface area (TPSA) is 46.2 Å². The standard InChI is InChI=1S/C10H13ClINO2S/c1-8(6-11)7-16(14,15)13-10-5-3-2-4-9(10)12/h2-5,8,13H,6-7H2,1H3. The van der Waals surface area contributed by atoms with Gasteiger partial charge in [0.2, 0.25) is 10.0 Å². The Bertz CT molecular complexity index is 450. The Hall–Kier alpha value is -0.0100. The van der Waals surface area contributed by atoms with Crippen molar-refractivity contribution in [3.63, 3.8) is 0 Å². The van der Waals surface area contributed by atoms with Gasteiger partial charge in [-0.05, 0) is 40.6 Å². The van der Waals surface area contributed by atoms with Gasteiger partial charge in [0.1, 0.15) is 0 Å². The van der Waals surface area contributed by atoms with Crippen molar-refractivity contribution >= 4 is 49.9 Å². The SMILES string of the molecule is CC(CCl)CS(=O)(=O)Nc1ccccc1I. The molecule has 0 aliphatic rings. The van der Waals surface area contributed by atoms with Gasteiger partial charge in [0, 0.05) is 9.45 Å². The van der Waals surface area contributed by atoms with E-state index in [0.29, 0.717) is 11.6 Å². The molecule has 90 valence electrons. The third-order valence-corrected chi connectivity index (χ3v) is 4.91. The van der Waals surface area contributed by atoms with Crippen molar-refractivity contribution in [2.75, 3.05) is 16.4 Å². The van der Waals surface area contributed by atoms with E-state index in [-0.39, 0.29) is 11.7 Å². The average Bonchev–Trinajstić information content (AvgIpc) is 2.20. The van der Waals surface area contributed by atoms with Crippen LogP contribution in [0.2, 0.25) is 0 Å². The number of halogens is 2. The molecule has 0 aliphatic carbocycles. The number of hydrogen-bond donors (Lipinski definition) is 1. The molecule has 0 radical (unpaired) electrons. The Kier molecular flexibility index (Phi) is 5.33. The van der Waals surface area contributed by atoms with Gasteiger partial charge < -0.3 is 0 Å². The smallest absolute Gasteiger partial charge is 0.233 e. The fourth-order valence-corrected chi connectivity index (χ4v) is 3.58. The molecule has 1 unspecified atom stereocenters. The molecule has 0 bridgehead atoms. The van der Waals surface area contributed by atoms with Crippen LogP contribution in [0.15, 0.2) is 24.3 Å². The van der Waals surface area contributed by atoms with Gasteiger partial charge in [-0.1, -0.05) is 19.1 Å². The molecule has 0 amide bonds. The quantitative estimate of drug-likeness (QED) is 0.637. The van der Waals surface area contributed by atoms with E-state index in [2.05, 4.69) is 27.3 Å². The first-order chi connectivity index (χ1) is 7.44. The van der Waals surface area contributed by atoms with Crippen LogP contribution in [0.1, 0.15) is 6.92 Å². The minimum absolute atomic E-state index is 0.0431. The van der Waals surface area contributed by atoms with E-state index in [1.807, 2.05) is 19.1 Å². The first kappa shape index (κ1) is 14.1. The van der Waals surface area contributed by atoms with E-state index in [9.17, 15) is 8.42 Å². The molecule has 0 saturated heterocycles. The highest BCUT2D eigenvalue weighted by Crippen LogP contribution is 2.19. The molecule has 3 nitrogen and oxygen atoms in total. The van der Waals surface area contributed by atoms with E-state index in [0.717, 1.165) is 3.57 Å². The normalized spacial score (nSPS) is 13.4. The molecular formula is C10H13ClINO2S. The maximum Gasteiger partial charge on any atom is 0.233 e. The van der Waals surface area contributed by atoms with Crippen molar-refractivity contribution < 1.29 is 8.42 Å². The molecule has 6 heteroatoms. The number of nitrogens with one attached hydrogen (secondary N) is 1. The third-order valence-electron chi connectivity index (χ3n) is 1.91. The van der Waals surface area contributed by atoms with Crippen molar-refractivity contribution in [3.05, 3.63) is 27.8 Å². The Balaban J connectivity index is 2.77. The minimum Gasteiger partial charge on any atom is -0.282 e. The second-order valence-corrected chi connectivity index (χ2v) is 6.86. The highest BCUT2D eigenvalue weighted by Gasteiger charge is 2.15. The summed E-state index contributed by atoms with van der Waals surface area (Å²) in [5.74, 6) is 0.328. The van der Waals surface area contributed by atoms with E-state index in [4.69, 9.17) is 11.6 Å². The molecule has 1 rings (SSSR count). The van der Waals surface area contributed by atoms with E-state index in [1.54, 1.807) is 12.1 Å². The molecule has 1 aromatic carbocycles. The number of benzene rings is 1. The minimum atomic E-state index is -3.31. The Morgan fingerprint density at radius 1 is 1.44 bits per heavy atom. The predicted molar refractivity (Wildman–Crippen MR) is 76.5 cm³/mol. The van der Waals surface area contributed by atoms with E-state index < -0.39 is 10.0 Å². The van der Waals surface area contributed by atoms with Gasteiger partial charge in [0.05, 0.1) is 11.4 Å². The zero-order valence-corrected chi connectivity index (χ0v) is 12.5. The lowest BCUT2D eigenvalue weighted by Crippen LogP contribution is -2.22. The fraction of sp³-hybridized carbons (Fsp3) is 0.400. The number of sulfonamides is 1. The summed E-state index contributed by atoms with van der Waals surface area (Å²) in [4.78, 5) is 0. The third kappa shape index (κ3) is 4.47. The van der Waals surface area contributed by atoms with Crippen LogP contribution in [0.4, 0.5) is 5.69 Å². The molecule has 1 aromatic rings. The number of anilines is 1. The number of para-hydroxylation sites is 1. The first-order valence-corrected chi connectivity index (χ1v) is 8.02. The lowest BCUT2D eigenvalue weighted by molar-refractivity contribution is 0.588. The fourth-order valence-electron chi connectivity index (χ4n) is 1.17. The summed E-state index contributed by atoms with van der Waals surface area (Å²) in [6.45, 7) is 1.81. The predicted octanol–water partition coefficient (Wildman–Crippen LogP) is 2.91. The zero-order valence-electron chi connectivity index (χ0n) is 8.78. The van der Waals surface area contributed by atoms with Crippen LogP contribution in [0, 0.1) is 9.49 Å². The number of rotatable bonds is 5. The van der Waals surface area contributed by atoms with Gasteiger partial charge >= 0.3 is 0 Å². The molecule has 0 saturated carbocycles. The summed E-state index contributed by atoms with van der Waals surface area (Å²) in [6.07, 6.45) is 0. The zero-order chi connectivity index (χ0) is 12.2. The maximum absolute atomic E-state index is 11.7. The van der Waals surface area contributed by atoms with Gasteiger partial charge in [-0.3, -0.25) is 4.72 Å². The summed E-state index contributed by atoms with van der Waals surface area (Å²) >= 11 is 7.69. The molecule has 0 spiro atoms. The maximum atomic E-state index is 11.7. The first-order valence-electron chi connectivity index (χ1n) is 4.75. The van der Waals surface area contributed by atoms with Gasteiger partial charge in [-0.25, -0.2) is 8.42 Å². The summed E-state index contributed by atoms with van der Waals surface area (Å²) in [6, 6.07) is 7.25. The van der Waals surface area contributed by atoms with Crippen LogP contribution in [0.5, 0.6) is 0 Å². The Morgan fingerprint density at radius 2 is 2.06 bits per heavy atom. The summed E-state index contributed by atoms with van der Waals surface area (Å²) in [5, 5.41) is 0. The lowest BCUT2D eigenvalue weighted by atomic mass is 10.3. The van der Waals surface area contributed by atoms with Crippen LogP contribution < -0.4 is 4.72 Å². The second-order valence-electron chi connectivity index (χ2n) is 3.62. The van der Waals surface area contributed by atoms with Crippen LogP contribution >= 0.6 is 34.2 Å². The van der Waals surface area contributed by atoms with Crippen LogP contribution in [0.3, 0.4) is 0 Å². The number of alkyl halides is 1. The van der Waals surface area contributed by atoms with Gasteiger partial charge in [-0.15, -0.1) is 11.6 Å². The molecule has 0 aliphatic heterocycles. The largest absolute Gasteiger partial charge is 0.282 e. The van der Waals surface area contributed by atoms with Crippen LogP contribution in [0.25, 0.3) is 0 Å². The molecule has 0 fully saturated rings. The van der Waals surface area contributed by atoms with Crippen molar-refractivity contribution in [1.82, 2.24) is 0 Å². The molecule has 0 aromatic heterocycles. The van der Waals surface area contributed by atoms with Crippen LogP contribution in [-0.4, -0.2) is 20.1 Å². The summed E-state index contributed by atoms with van der Waals surface area (Å²) in [5.41, 5.74) is 0.616. The molecule has 1 N–H and O–H groups in total. The van der Waals surface area contributed by atoms with Crippen molar-refractivity contribution in [2.24, 2.45) is 5.92 Å². The molecular weight excluding hydrogens is 361 g/mol. The molecule has 0 heterocycles. The van der Waals surface area contributed by atoms with Gasteiger partial charge in [0.25, 0.3) is 0 Å². The molecule has 1 atom stereocenters. The van der Waals surface area contributed by atoms with Crippen LogP contribution in [-0.2, 0) is 10.0 Å². The summed E-state index contributed by atoms with van der Waals surface area (Å²) < 4.78 is 26.9. The van der Waals surface area contributed by atoms with Crippen molar-refractivity contribution in [1.29, 1.82) is 0 Å². The van der Waals surface area contributed by atoms with Gasteiger partial charge in [-0.2, -0.15) is 0 Å². The molecule has 16 heavy (non-hydrogen) atoms. The van der Waals surface area contributed by atoms with Crippen molar-refractivity contribution in [3.8, 4) is 0 Å². The number of hydrogen-bond acceptors (Lipinski definition) is 2. The average molecular weight is 374 g/mol. The Labute approximate surface area is 115 Å². The summed E-state index contributed by atoms with van der Waals surface area (Å²) in [7, 11) is -3.31. The van der Waals surface area contributed by atoms with Crippen molar-refractivity contribution in [2.45, 2.75) is 6.92 Å². The lowest BCUT2D eigenvalue weighted by Gasteiger charge is -2.12. The van der Waals surface area contributed by atoms with Gasteiger partial charge in [0.15, 0.2) is 0 Å². The monoisotopic (exact) mass is 373 g/mol. The van der Waals surface area contributed by atoms with E-state index >= 15 is 0 Å².